The Balaban J connectivity index is 2.05. The lowest BCUT2D eigenvalue weighted by Crippen LogP contribution is -2.36. The van der Waals surface area contributed by atoms with Crippen LogP contribution in [0.1, 0.15) is 12.8 Å². The van der Waals surface area contributed by atoms with Gasteiger partial charge in [-0.25, -0.2) is 4.39 Å². The van der Waals surface area contributed by atoms with E-state index in [0.29, 0.717) is 12.6 Å². The maximum atomic E-state index is 11.7. The first-order chi connectivity index (χ1) is 5.34. The van der Waals surface area contributed by atoms with Crippen LogP contribution in [-0.2, 0) is 0 Å². The molecule has 1 aliphatic rings. The Morgan fingerprint density at radius 3 is 3.00 bits per heavy atom. The second kappa shape index (κ2) is 4.67. The largest absolute Gasteiger partial charge is 0.313 e. The fourth-order valence-electron chi connectivity index (χ4n) is 1.57. The van der Waals surface area contributed by atoms with Gasteiger partial charge < -0.3 is 10.2 Å². The van der Waals surface area contributed by atoms with E-state index in [2.05, 4.69) is 17.3 Å². The van der Waals surface area contributed by atoms with Gasteiger partial charge in [-0.2, -0.15) is 0 Å². The first-order valence-corrected chi connectivity index (χ1v) is 4.31. The summed E-state index contributed by atoms with van der Waals surface area (Å²) in [5, 5.41) is 3.09. The molecule has 1 N–H and O–H groups in total. The van der Waals surface area contributed by atoms with Crippen molar-refractivity contribution in [3.05, 3.63) is 0 Å². The van der Waals surface area contributed by atoms with E-state index in [4.69, 9.17) is 0 Å². The summed E-state index contributed by atoms with van der Waals surface area (Å²) < 4.78 is 11.7. The van der Waals surface area contributed by atoms with Gasteiger partial charge >= 0.3 is 0 Å². The van der Waals surface area contributed by atoms with E-state index in [1.807, 2.05) is 0 Å². The maximum Gasteiger partial charge on any atom is 0.102 e. The third-order valence-electron chi connectivity index (χ3n) is 2.32. The summed E-state index contributed by atoms with van der Waals surface area (Å²) in [5.74, 6) is 0. The minimum Gasteiger partial charge on any atom is -0.313 e. The molecule has 0 aromatic heterocycles. The first-order valence-electron chi connectivity index (χ1n) is 4.31. The van der Waals surface area contributed by atoms with Crippen LogP contribution in [0.2, 0.25) is 0 Å². The molecule has 0 aromatic carbocycles. The van der Waals surface area contributed by atoms with E-state index < -0.39 is 0 Å². The molecule has 66 valence electrons. The predicted molar refractivity (Wildman–Crippen MR) is 44.5 cm³/mol. The maximum absolute atomic E-state index is 11.7. The second-order valence-electron chi connectivity index (χ2n) is 3.17. The molecule has 1 atom stereocenters. The summed E-state index contributed by atoms with van der Waals surface area (Å²) in [5.41, 5.74) is 0. The Kier molecular flexibility index (Phi) is 3.80. The molecule has 1 aliphatic heterocycles. The molecule has 0 radical (unpaired) electrons. The van der Waals surface area contributed by atoms with Crippen LogP contribution < -0.4 is 5.32 Å². The van der Waals surface area contributed by atoms with Gasteiger partial charge in [0.2, 0.25) is 0 Å². The topological polar surface area (TPSA) is 15.3 Å². The number of hydrogen-bond donors (Lipinski definition) is 1. The Bertz CT molecular complexity index is 108. The SMILES string of the molecule is CN1CCCC1CNCCF. The van der Waals surface area contributed by atoms with Crippen molar-refractivity contribution in [3.63, 3.8) is 0 Å². The number of alkyl halides is 1. The molecule has 1 unspecified atom stereocenters. The van der Waals surface area contributed by atoms with Gasteiger partial charge in [0.25, 0.3) is 0 Å². The molecule has 1 fully saturated rings. The van der Waals surface area contributed by atoms with Crippen molar-refractivity contribution in [2.75, 3.05) is 33.4 Å². The molecule has 1 saturated heterocycles. The van der Waals surface area contributed by atoms with Gasteiger partial charge in [-0.15, -0.1) is 0 Å². The fourth-order valence-corrected chi connectivity index (χ4v) is 1.57. The van der Waals surface area contributed by atoms with E-state index in [1.54, 1.807) is 0 Å². The average Bonchev–Trinajstić information content (AvgIpc) is 2.37. The van der Waals surface area contributed by atoms with Gasteiger partial charge in [0.15, 0.2) is 0 Å². The summed E-state index contributed by atoms with van der Waals surface area (Å²) in [6.07, 6.45) is 2.55. The van der Waals surface area contributed by atoms with Crippen molar-refractivity contribution in [2.45, 2.75) is 18.9 Å². The van der Waals surface area contributed by atoms with Crippen LogP contribution in [0, 0.1) is 0 Å². The molecule has 1 heterocycles. The average molecular weight is 160 g/mol. The lowest BCUT2D eigenvalue weighted by Gasteiger charge is -2.19. The van der Waals surface area contributed by atoms with E-state index in [1.165, 1.54) is 19.4 Å². The van der Waals surface area contributed by atoms with Crippen molar-refractivity contribution in [3.8, 4) is 0 Å². The minimum absolute atomic E-state index is 0.254. The number of halogens is 1. The van der Waals surface area contributed by atoms with E-state index in [-0.39, 0.29) is 6.67 Å². The Labute approximate surface area is 67.8 Å². The molecule has 0 spiro atoms. The van der Waals surface area contributed by atoms with Crippen LogP contribution in [0.25, 0.3) is 0 Å². The zero-order chi connectivity index (χ0) is 8.10. The van der Waals surface area contributed by atoms with Crippen LogP contribution in [0.4, 0.5) is 4.39 Å². The van der Waals surface area contributed by atoms with Crippen molar-refractivity contribution in [1.29, 1.82) is 0 Å². The lowest BCUT2D eigenvalue weighted by molar-refractivity contribution is 0.297. The Morgan fingerprint density at radius 2 is 2.45 bits per heavy atom. The molecule has 2 nitrogen and oxygen atoms in total. The zero-order valence-corrected chi connectivity index (χ0v) is 7.15. The highest BCUT2D eigenvalue weighted by atomic mass is 19.1. The summed E-state index contributed by atoms with van der Waals surface area (Å²) in [6.45, 7) is 2.39. The highest BCUT2D eigenvalue weighted by molar-refractivity contribution is 4.77. The zero-order valence-electron chi connectivity index (χ0n) is 7.15. The van der Waals surface area contributed by atoms with E-state index >= 15 is 0 Å². The molecule has 0 amide bonds. The molecule has 0 aromatic rings. The number of likely N-dealkylation sites (tertiary alicyclic amines) is 1. The molecular formula is C8H17FN2. The third-order valence-corrected chi connectivity index (χ3v) is 2.32. The molecule has 1 rings (SSSR count). The number of nitrogens with one attached hydrogen (secondary N) is 1. The molecule has 0 bridgehead atoms. The third kappa shape index (κ3) is 2.75. The minimum atomic E-state index is -0.254. The van der Waals surface area contributed by atoms with Gasteiger partial charge in [-0.3, -0.25) is 0 Å². The van der Waals surface area contributed by atoms with Gasteiger partial charge in [-0.05, 0) is 26.4 Å². The fraction of sp³-hybridized carbons (Fsp3) is 1.00. The number of nitrogens with zero attached hydrogens (tertiary/aromatic N) is 1. The highest BCUT2D eigenvalue weighted by Crippen LogP contribution is 2.13. The first kappa shape index (κ1) is 8.94. The van der Waals surface area contributed by atoms with E-state index in [0.717, 1.165) is 6.54 Å². The van der Waals surface area contributed by atoms with Crippen molar-refractivity contribution >= 4 is 0 Å². The van der Waals surface area contributed by atoms with Crippen molar-refractivity contribution in [2.24, 2.45) is 0 Å². The number of hydrogen-bond acceptors (Lipinski definition) is 2. The highest BCUT2D eigenvalue weighted by Gasteiger charge is 2.19. The van der Waals surface area contributed by atoms with Gasteiger partial charge in [-0.1, -0.05) is 0 Å². The number of rotatable bonds is 4. The second-order valence-corrected chi connectivity index (χ2v) is 3.17. The smallest absolute Gasteiger partial charge is 0.102 e. The summed E-state index contributed by atoms with van der Waals surface area (Å²) in [7, 11) is 2.13. The van der Waals surface area contributed by atoms with Gasteiger partial charge in [0.05, 0.1) is 0 Å². The quantitative estimate of drug-likeness (QED) is 0.607. The standard InChI is InChI=1S/C8H17FN2/c1-11-6-2-3-8(11)7-10-5-4-9/h8,10H,2-7H2,1H3. The lowest BCUT2D eigenvalue weighted by atomic mass is 10.2. The van der Waals surface area contributed by atoms with Gasteiger partial charge in [0, 0.05) is 19.1 Å². The molecular weight excluding hydrogens is 143 g/mol. The molecule has 3 heteroatoms. The summed E-state index contributed by atoms with van der Waals surface area (Å²) in [4.78, 5) is 2.34. The number of likely N-dealkylation sites (N-methyl/N-ethyl adjacent to an activating group) is 1. The van der Waals surface area contributed by atoms with Crippen LogP contribution in [0.15, 0.2) is 0 Å². The summed E-state index contributed by atoms with van der Waals surface area (Å²) in [6, 6.07) is 0.640. The normalized spacial score (nSPS) is 26.2. The molecule has 0 saturated carbocycles. The molecule has 11 heavy (non-hydrogen) atoms. The Morgan fingerprint density at radius 1 is 1.64 bits per heavy atom. The monoisotopic (exact) mass is 160 g/mol. The van der Waals surface area contributed by atoms with Crippen LogP contribution in [0.5, 0.6) is 0 Å². The van der Waals surface area contributed by atoms with Crippen LogP contribution in [0.3, 0.4) is 0 Å². The molecule has 0 aliphatic carbocycles. The van der Waals surface area contributed by atoms with Gasteiger partial charge in [0.1, 0.15) is 6.67 Å². The predicted octanol–water partition coefficient (Wildman–Crippen LogP) is 0.640. The van der Waals surface area contributed by atoms with Crippen LogP contribution >= 0.6 is 0 Å². The van der Waals surface area contributed by atoms with E-state index in [9.17, 15) is 4.39 Å². The summed E-state index contributed by atoms with van der Waals surface area (Å²) >= 11 is 0. The van der Waals surface area contributed by atoms with Crippen LogP contribution in [-0.4, -0.2) is 44.3 Å². The van der Waals surface area contributed by atoms with Crippen molar-refractivity contribution < 1.29 is 4.39 Å². The van der Waals surface area contributed by atoms with Crippen molar-refractivity contribution in [1.82, 2.24) is 10.2 Å². The Hall–Kier alpha value is -0.150.